The number of ether oxygens (including phenoxy) is 4. The maximum absolute atomic E-state index is 11.1. The molecular formula is C66H55Br5Cl2K2O14. The summed E-state index contributed by atoms with van der Waals surface area (Å²) in [6, 6.07) is 49.3. The Morgan fingerprint density at radius 3 is 1.76 bits per heavy atom. The molecule has 14 nitrogen and oxygen atoms in total. The van der Waals surface area contributed by atoms with Crippen LogP contribution < -0.4 is 127 Å². The zero-order valence-corrected chi connectivity index (χ0v) is 64.2. The van der Waals surface area contributed by atoms with Crippen LogP contribution >= 0.6 is 103 Å². The first-order chi connectivity index (χ1) is 42.0. The number of rotatable bonds is 7. The van der Waals surface area contributed by atoms with E-state index in [0.29, 0.717) is 51.4 Å². The van der Waals surface area contributed by atoms with E-state index >= 15 is 0 Å². The minimum absolute atomic E-state index is 0. The van der Waals surface area contributed by atoms with Crippen LogP contribution in [-0.2, 0) is 16.1 Å². The van der Waals surface area contributed by atoms with Crippen molar-refractivity contribution in [1.82, 2.24) is 0 Å². The molecule has 0 aliphatic heterocycles. The molecule has 23 heteroatoms. The fourth-order valence-corrected chi connectivity index (χ4v) is 9.11. The summed E-state index contributed by atoms with van der Waals surface area (Å²) in [5.74, 6) is 10.8. The Balaban J connectivity index is 0.000000519. The Kier molecular flexibility index (Phi) is 41.7. The molecule has 2 N–H and O–H groups in total. The number of carbonyl (C=O) groups is 2. The molecular weight excluding hydrogens is 1570 g/mol. The van der Waals surface area contributed by atoms with Gasteiger partial charge in [0.25, 0.3) is 6.47 Å². The molecule has 7 aromatic carbocycles. The topological polar surface area (TPSA) is 196 Å². The monoisotopic (exact) mass is 1610 g/mol. The summed E-state index contributed by atoms with van der Waals surface area (Å²) in [6.45, 7) is 2.09. The molecule has 12 rings (SSSR count). The number of alkyl halides is 1. The van der Waals surface area contributed by atoms with Crippen LogP contribution in [0.4, 0.5) is 0 Å². The maximum atomic E-state index is 11.1. The van der Waals surface area contributed by atoms with E-state index in [2.05, 4.69) is 96.4 Å². The third kappa shape index (κ3) is 29.5. The van der Waals surface area contributed by atoms with Crippen LogP contribution in [0.3, 0.4) is 0 Å². The predicted octanol–water partition coefficient (Wildman–Crippen LogP) is 13.6. The number of aromatic hydroxyl groups is 2. The summed E-state index contributed by atoms with van der Waals surface area (Å²) in [5.41, 5.74) is 3.24. The first-order valence-corrected chi connectivity index (χ1v) is 30.4. The van der Waals surface area contributed by atoms with Gasteiger partial charge in [0.2, 0.25) is 0 Å². The van der Waals surface area contributed by atoms with Crippen LogP contribution in [-0.4, -0.2) is 48.6 Å². The molecule has 0 radical (unpaired) electrons. The predicted molar refractivity (Wildman–Crippen MR) is 358 cm³/mol. The van der Waals surface area contributed by atoms with Crippen molar-refractivity contribution >= 4 is 148 Å². The van der Waals surface area contributed by atoms with E-state index < -0.39 is 0 Å². The number of phenols is 2. The number of ketones is 1. The van der Waals surface area contributed by atoms with Crippen LogP contribution in [0.1, 0.15) is 36.1 Å². The molecule has 1 aliphatic rings. The molecule has 4 aromatic heterocycles. The first kappa shape index (κ1) is 80.8. The van der Waals surface area contributed by atoms with Crippen molar-refractivity contribution in [3.63, 3.8) is 0 Å². The average molecular weight is 1620 g/mol. The van der Waals surface area contributed by atoms with Crippen LogP contribution in [0.2, 0.25) is 10.0 Å². The van der Waals surface area contributed by atoms with Gasteiger partial charge in [-0.2, -0.15) is 0 Å². The molecule has 4 heterocycles. The number of terminal acetylenes is 2. The van der Waals surface area contributed by atoms with Crippen molar-refractivity contribution in [1.29, 1.82) is 0 Å². The van der Waals surface area contributed by atoms with Crippen molar-refractivity contribution in [2.75, 3.05) is 26.2 Å². The average Bonchev–Trinajstić information content (AvgIpc) is 2.75. The number of furan rings is 4. The smallest absolute Gasteiger partial charge is 1.00 e. The van der Waals surface area contributed by atoms with Crippen LogP contribution in [0, 0.1) is 31.6 Å². The summed E-state index contributed by atoms with van der Waals surface area (Å²) >= 11 is 27.9. The number of Topliss-reactive ketones (excluding diaryl/α,β-unsaturated/α-hetero) is 1. The fourth-order valence-electron chi connectivity index (χ4n) is 7.15. The van der Waals surface area contributed by atoms with Gasteiger partial charge in [-0.25, -0.2) is 0 Å². The van der Waals surface area contributed by atoms with E-state index in [1.54, 1.807) is 106 Å². The second kappa shape index (κ2) is 45.9. The largest absolute Gasteiger partial charge is 1.00 e. The summed E-state index contributed by atoms with van der Waals surface area (Å²) in [5, 5.41) is 31.2. The molecule has 0 saturated heterocycles. The van der Waals surface area contributed by atoms with Gasteiger partial charge in [-0.15, -0.1) is 12.8 Å². The number of hydrogen-bond donors (Lipinski definition) is 2. The molecule has 0 fully saturated rings. The Labute approximate surface area is 654 Å². The number of carbonyl (C=O) groups excluding carboxylic acids is 2. The summed E-state index contributed by atoms with van der Waals surface area (Å²) in [6.07, 6.45) is 17.1. The van der Waals surface area contributed by atoms with Gasteiger partial charge in [-0.3, -0.25) is 9.59 Å². The van der Waals surface area contributed by atoms with Crippen molar-refractivity contribution in [3.05, 3.63) is 228 Å². The van der Waals surface area contributed by atoms with Crippen molar-refractivity contribution < 1.29 is 171 Å². The molecule has 0 atom stereocenters. The van der Waals surface area contributed by atoms with E-state index in [0.717, 1.165) is 92.2 Å². The summed E-state index contributed by atoms with van der Waals surface area (Å²) < 4.78 is 46.1. The van der Waals surface area contributed by atoms with Gasteiger partial charge < -0.3 is 58.4 Å². The zero-order chi connectivity index (χ0) is 63.5. The molecule has 0 spiro atoms. The maximum Gasteiger partial charge on any atom is 1.00 e. The Bertz CT molecular complexity index is 3960. The van der Waals surface area contributed by atoms with Gasteiger partial charge in [0.15, 0.2) is 17.3 Å². The van der Waals surface area contributed by atoms with Gasteiger partial charge in [0.1, 0.15) is 63.6 Å². The summed E-state index contributed by atoms with van der Waals surface area (Å²) in [7, 11) is 3.19. The van der Waals surface area contributed by atoms with E-state index in [9.17, 15) is 9.90 Å². The third-order valence-corrected chi connectivity index (χ3v) is 14.0. The number of phenolic OH excluding ortho intramolecular Hbond substituents is 2. The normalized spacial score (nSPS) is 10.1. The fraction of sp³-hybridized carbons (Fsp3) is 0.121. The van der Waals surface area contributed by atoms with Gasteiger partial charge in [-0.1, -0.05) is 129 Å². The number of halogens is 7. The quantitative estimate of drug-likeness (QED) is 0.0382. The van der Waals surface area contributed by atoms with Crippen LogP contribution in [0.25, 0.3) is 32.9 Å². The van der Waals surface area contributed by atoms with Gasteiger partial charge in [0.05, 0.1) is 59.1 Å². The van der Waals surface area contributed by atoms with Gasteiger partial charge in [0, 0.05) is 47.8 Å². The van der Waals surface area contributed by atoms with E-state index in [1.807, 2.05) is 97.9 Å². The van der Waals surface area contributed by atoms with Gasteiger partial charge >= 0.3 is 103 Å². The second-order valence-electron chi connectivity index (χ2n) is 16.9. The van der Waals surface area contributed by atoms with Crippen molar-refractivity contribution in [3.8, 4) is 64.9 Å². The van der Waals surface area contributed by atoms with E-state index in [-0.39, 0.29) is 122 Å². The molecule has 1 aliphatic carbocycles. The van der Waals surface area contributed by atoms with Crippen molar-refractivity contribution in [2.24, 2.45) is 0 Å². The first-order valence-electron chi connectivity index (χ1n) is 25.3. The number of hydrogen-bond acceptors (Lipinski definition) is 14. The number of methoxy groups -OCH3 is 2. The molecule has 0 amide bonds. The SMILES string of the molecule is C#CCBr.C#CCOc1cccc(Br)c1.COc1cc(Cl)ccc1Br.COc1cc(Cl)ccc1Oc1cccc2occc12.Cc1cc2c(Br)cccc2o1.O=C1CCCc2occc21.O=CO[O-].Oc1cccc(Br)c1.Oc1cccc2occc12.[H-].[K+].[K+]. The Morgan fingerprint density at radius 1 is 0.629 bits per heavy atom. The Hall–Kier alpha value is -4.29. The molecule has 11 aromatic rings. The molecule has 89 heavy (non-hydrogen) atoms. The third-order valence-electron chi connectivity index (χ3n) is 10.9. The molecule has 454 valence electrons. The Morgan fingerprint density at radius 2 is 1.20 bits per heavy atom. The molecule has 0 unspecified atom stereocenters. The van der Waals surface area contributed by atoms with Crippen molar-refractivity contribution in [2.45, 2.75) is 26.2 Å². The number of benzene rings is 7. The van der Waals surface area contributed by atoms with Crippen LogP contribution in [0.15, 0.2) is 218 Å². The number of fused-ring (bicyclic) bond motifs is 4. The zero-order valence-electron chi connectivity index (χ0n) is 49.5. The van der Waals surface area contributed by atoms with Gasteiger partial charge in [-0.05, 0) is 157 Å². The molecule has 0 bridgehead atoms. The standard InChI is InChI=1S/C15H11ClO3.2C9H7BrO.C8H8O2.C8H6O2.C7H6BrClO.C6H5BrO.C3H3Br.CH2O3.2K.H/c1-17-15-9-10(16)5-6-14(15)19-13-4-2-3-12-11(13)7-8-18-12;1-6-5-7-8(10)3-2-4-9(7)11-6;1-2-6-11-9-5-3-4-8(10)7-9;2*9-7-2-1-3-8-6(7)4-5-10-8;1-10-7-4-5(9)2-3-6(7)8;7-5-2-1-3-6(8)4-5;1-2-3-4;2-1-4-3;;;/h2-9H,1H3;2-5H,1H3;1,3-5,7H,6H2;4-5H,1-3H2;1-5,9H;2-4H,1H3;1-4,8H;1H,3H2;1,3H;;;/q;;;;;;;;;2*+1;-1/p-1. The van der Waals surface area contributed by atoms with E-state index in [4.69, 9.17) is 87.8 Å². The summed E-state index contributed by atoms with van der Waals surface area (Å²) in [4.78, 5) is 22.3. The number of aryl methyl sites for hydroxylation is 2. The second-order valence-corrected chi connectivity index (χ2v) is 21.9. The minimum Gasteiger partial charge on any atom is -1.00 e. The minimum atomic E-state index is -0.181. The molecule has 0 saturated carbocycles. The van der Waals surface area contributed by atoms with Crippen LogP contribution in [0.5, 0.6) is 40.2 Å². The van der Waals surface area contributed by atoms with E-state index in [1.165, 1.54) is 0 Å².